The average molecular weight is 477 g/mol. The normalized spacial score (nSPS) is 14.7. The maximum absolute atomic E-state index is 11.9. The highest BCUT2D eigenvalue weighted by molar-refractivity contribution is 5.82. The number of carbonyl (C=O) groups excluding carboxylic acids is 1. The second kappa shape index (κ2) is 19.8. The fourth-order valence-electron chi connectivity index (χ4n) is 3.21. The van der Waals surface area contributed by atoms with Crippen LogP contribution in [0.3, 0.4) is 0 Å². The van der Waals surface area contributed by atoms with Gasteiger partial charge in [0.2, 0.25) is 5.91 Å². The van der Waals surface area contributed by atoms with Crippen LogP contribution in [0.25, 0.3) is 5.57 Å². The van der Waals surface area contributed by atoms with Gasteiger partial charge < -0.3 is 21.1 Å². The van der Waals surface area contributed by atoms with Crippen molar-refractivity contribution in [2.24, 2.45) is 10.7 Å². The molecule has 2 heterocycles. The summed E-state index contributed by atoms with van der Waals surface area (Å²) < 4.78 is 6.84. The number of nitrogens with zero attached hydrogens (tertiary/aromatic N) is 3. The van der Waals surface area contributed by atoms with Gasteiger partial charge in [0.25, 0.3) is 6.02 Å². The van der Waals surface area contributed by atoms with E-state index in [2.05, 4.69) is 59.4 Å². The van der Waals surface area contributed by atoms with E-state index >= 15 is 0 Å². The molecule has 1 amide bonds. The molecular weight excluding hydrogens is 428 g/mol. The first-order valence-corrected chi connectivity index (χ1v) is 12.7. The summed E-state index contributed by atoms with van der Waals surface area (Å²) in [6.45, 7) is 14.8. The molecule has 0 radical (unpaired) electrons. The van der Waals surface area contributed by atoms with E-state index < -0.39 is 0 Å². The minimum atomic E-state index is -0.208. The fourth-order valence-corrected chi connectivity index (χ4v) is 3.21. The van der Waals surface area contributed by atoms with E-state index in [0.29, 0.717) is 12.6 Å². The minimum absolute atomic E-state index is 0.000156. The predicted octanol–water partition coefficient (Wildman–Crippen LogP) is 4.38. The first-order valence-electron chi connectivity index (χ1n) is 12.7. The number of rotatable bonds is 9. The van der Waals surface area contributed by atoms with Crippen molar-refractivity contribution in [1.29, 1.82) is 0 Å². The first kappa shape index (κ1) is 31.4. The van der Waals surface area contributed by atoms with Gasteiger partial charge in [0.15, 0.2) is 0 Å². The summed E-state index contributed by atoms with van der Waals surface area (Å²) in [7, 11) is 1.42. The van der Waals surface area contributed by atoms with Crippen LogP contribution in [0.5, 0.6) is 0 Å². The number of methoxy groups -OCH3 is 1. The van der Waals surface area contributed by atoms with Gasteiger partial charge in [-0.1, -0.05) is 65.7 Å². The molecule has 1 aromatic heterocycles. The Bertz CT molecular complexity index is 761. The summed E-state index contributed by atoms with van der Waals surface area (Å²) in [6, 6.07) is 0.438. The molecule has 0 atom stereocenters. The maximum Gasteiger partial charge on any atom is 0.282 e. The van der Waals surface area contributed by atoms with Crippen molar-refractivity contribution >= 4 is 17.5 Å². The summed E-state index contributed by atoms with van der Waals surface area (Å²) in [5, 5.41) is 11.0. The highest BCUT2D eigenvalue weighted by Crippen LogP contribution is 2.24. The van der Waals surface area contributed by atoms with Crippen molar-refractivity contribution in [3.63, 3.8) is 0 Å². The van der Waals surface area contributed by atoms with Crippen molar-refractivity contribution in [1.82, 2.24) is 20.4 Å². The number of aliphatic imine (C=N–C) groups is 1. The second-order valence-electron chi connectivity index (χ2n) is 7.81. The number of carbonyl (C=O) groups is 1. The third-order valence-corrected chi connectivity index (χ3v) is 4.87. The SMILES string of the molecule is CC.CCC.CCC/C=C\C(=C/CNC(=O)CN=C(N)OC)c1cn(C2CCNCC2)nc1C. The summed E-state index contributed by atoms with van der Waals surface area (Å²) in [4.78, 5) is 15.8. The predicted molar refractivity (Wildman–Crippen MR) is 144 cm³/mol. The van der Waals surface area contributed by atoms with Crippen LogP contribution in [0.2, 0.25) is 0 Å². The van der Waals surface area contributed by atoms with Crippen LogP contribution in [0.1, 0.15) is 84.0 Å². The average Bonchev–Trinajstić information content (AvgIpc) is 3.25. The Hall–Kier alpha value is -2.61. The van der Waals surface area contributed by atoms with Gasteiger partial charge in [0, 0.05) is 18.3 Å². The zero-order chi connectivity index (χ0) is 25.8. The molecule has 4 N–H and O–H groups in total. The zero-order valence-corrected chi connectivity index (χ0v) is 22.5. The van der Waals surface area contributed by atoms with Crippen molar-refractivity contribution in [2.45, 2.75) is 79.7 Å². The molecule has 2 rings (SSSR count). The maximum atomic E-state index is 11.9. The van der Waals surface area contributed by atoms with E-state index in [-0.39, 0.29) is 18.5 Å². The van der Waals surface area contributed by atoms with Gasteiger partial charge in [-0.25, -0.2) is 4.99 Å². The van der Waals surface area contributed by atoms with Gasteiger partial charge in [0.05, 0.1) is 18.8 Å². The number of amidine groups is 1. The topological polar surface area (TPSA) is 107 Å². The summed E-state index contributed by atoms with van der Waals surface area (Å²) in [6.07, 6.45) is 14.0. The van der Waals surface area contributed by atoms with Gasteiger partial charge in [-0.05, 0) is 44.8 Å². The second-order valence-corrected chi connectivity index (χ2v) is 7.81. The number of hydrogen-bond acceptors (Lipinski definition) is 5. The molecule has 0 saturated carbocycles. The lowest BCUT2D eigenvalue weighted by atomic mass is 10.0. The van der Waals surface area contributed by atoms with Crippen molar-refractivity contribution in [2.75, 3.05) is 33.3 Å². The molecule has 1 aliphatic heterocycles. The van der Waals surface area contributed by atoms with Gasteiger partial charge in [0.1, 0.15) is 6.54 Å². The van der Waals surface area contributed by atoms with Crippen LogP contribution in [-0.2, 0) is 9.53 Å². The number of amides is 1. The number of unbranched alkanes of at least 4 members (excludes halogenated alkanes) is 1. The molecule has 1 aromatic rings. The number of allylic oxidation sites excluding steroid dienone is 3. The van der Waals surface area contributed by atoms with Crippen molar-refractivity contribution in [3.05, 3.63) is 35.7 Å². The molecule has 1 saturated heterocycles. The third-order valence-electron chi connectivity index (χ3n) is 4.87. The van der Waals surface area contributed by atoms with Crippen LogP contribution in [-0.4, -0.2) is 55.0 Å². The number of nitrogens with one attached hydrogen (secondary N) is 2. The Morgan fingerprint density at radius 2 is 1.97 bits per heavy atom. The number of piperidine rings is 1. The molecule has 0 unspecified atom stereocenters. The lowest BCUT2D eigenvalue weighted by Gasteiger charge is -2.22. The molecule has 34 heavy (non-hydrogen) atoms. The van der Waals surface area contributed by atoms with E-state index in [4.69, 9.17) is 15.6 Å². The van der Waals surface area contributed by atoms with Crippen LogP contribution >= 0.6 is 0 Å². The molecule has 0 bridgehead atoms. The zero-order valence-electron chi connectivity index (χ0n) is 22.5. The Labute approximate surface area is 207 Å². The summed E-state index contributed by atoms with van der Waals surface area (Å²) in [5.74, 6) is -0.208. The van der Waals surface area contributed by atoms with E-state index in [1.54, 1.807) is 0 Å². The molecule has 8 heteroatoms. The monoisotopic (exact) mass is 476 g/mol. The van der Waals surface area contributed by atoms with E-state index in [9.17, 15) is 4.79 Å². The molecule has 0 aliphatic carbocycles. The third kappa shape index (κ3) is 12.6. The summed E-state index contributed by atoms with van der Waals surface area (Å²) in [5.41, 5.74) is 8.61. The Balaban J connectivity index is 0.00000201. The van der Waals surface area contributed by atoms with Gasteiger partial charge in [-0.2, -0.15) is 5.10 Å². The highest BCUT2D eigenvalue weighted by atomic mass is 16.5. The first-order chi connectivity index (χ1) is 16.5. The van der Waals surface area contributed by atoms with Crippen LogP contribution in [0, 0.1) is 6.92 Å². The molecule has 0 aromatic carbocycles. The van der Waals surface area contributed by atoms with E-state index in [0.717, 1.165) is 55.6 Å². The Morgan fingerprint density at radius 3 is 2.56 bits per heavy atom. The Morgan fingerprint density at radius 1 is 1.32 bits per heavy atom. The lowest BCUT2D eigenvalue weighted by Crippen LogP contribution is -2.29. The minimum Gasteiger partial charge on any atom is -0.469 e. The largest absolute Gasteiger partial charge is 0.469 e. The number of aromatic nitrogens is 2. The number of aryl methyl sites for hydroxylation is 1. The highest BCUT2D eigenvalue weighted by Gasteiger charge is 2.18. The molecule has 1 fully saturated rings. The summed E-state index contributed by atoms with van der Waals surface area (Å²) >= 11 is 0. The molecule has 0 spiro atoms. The van der Waals surface area contributed by atoms with Gasteiger partial charge in [-0.3, -0.25) is 9.48 Å². The number of nitrogens with two attached hydrogens (primary N) is 1. The quantitative estimate of drug-likeness (QED) is 0.279. The molecule has 1 aliphatic rings. The Kier molecular flexibility index (Phi) is 18.3. The molecular formula is C26H48N6O2. The van der Waals surface area contributed by atoms with E-state index in [1.807, 2.05) is 26.8 Å². The van der Waals surface area contributed by atoms with Crippen LogP contribution < -0.4 is 16.4 Å². The van der Waals surface area contributed by atoms with Crippen LogP contribution in [0.4, 0.5) is 0 Å². The smallest absolute Gasteiger partial charge is 0.282 e. The van der Waals surface area contributed by atoms with Crippen molar-refractivity contribution < 1.29 is 9.53 Å². The van der Waals surface area contributed by atoms with Gasteiger partial charge >= 0.3 is 0 Å². The van der Waals surface area contributed by atoms with E-state index in [1.165, 1.54) is 13.5 Å². The molecule has 194 valence electrons. The number of ether oxygens (including phenoxy) is 1. The molecule has 8 nitrogen and oxygen atoms in total. The standard InChI is InChI=1S/C21H34N6O2.C3H8.C2H6/c1-4-5-6-7-17(8-13-24-20(28)14-25-21(22)29-3)19-15-27(26-16(19)2)18-9-11-23-12-10-18;1-3-2;1-2/h6-8,15,18,23H,4-5,9-14H2,1-3H3,(H2,22,25)(H,24,28);3H2,1-2H3;1-2H3/b7-6-,17-8+;;. The lowest BCUT2D eigenvalue weighted by molar-refractivity contribution is -0.119. The number of hydrogen-bond donors (Lipinski definition) is 3. The fraction of sp³-hybridized carbons (Fsp3) is 0.654. The van der Waals surface area contributed by atoms with Crippen LogP contribution in [0.15, 0.2) is 29.4 Å². The van der Waals surface area contributed by atoms with Gasteiger partial charge in [-0.15, -0.1) is 0 Å². The van der Waals surface area contributed by atoms with Crippen molar-refractivity contribution in [3.8, 4) is 0 Å².